The third-order valence-electron chi connectivity index (χ3n) is 3.68. The molecule has 1 unspecified atom stereocenters. The molecule has 0 fully saturated rings. The zero-order chi connectivity index (χ0) is 19.4. The molecule has 2 N–H and O–H groups in total. The summed E-state index contributed by atoms with van der Waals surface area (Å²) in [5.41, 5.74) is 0.793. The molecular weight excluding hydrogens is 335 g/mol. The third kappa shape index (κ3) is 8.63. The van der Waals surface area contributed by atoms with Crippen LogP contribution >= 0.6 is 0 Å². The van der Waals surface area contributed by atoms with E-state index < -0.39 is 6.04 Å². The Hall–Kier alpha value is -2.39. The van der Waals surface area contributed by atoms with Crippen LogP contribution in [0.4, 0.5) is 4.39 Å². The van der Waals surface area contributed by atoms with Gasteiger partial charge in [0.2, 0.25) is 5.91 Å². The van der Waals surface area contributed by atoms with Crippen molar-refractivity contribution < 1.29 is 18.7 Å². The SMILES string of the molecule is C#CCC(NC(=O)CCCCOc1cc(C)cc(F)c1)C(=O)CNCC. The summed E-state index contributed by atoms with van der Waals surface area (Å²) in [7, 11) is 0. The number of halogens is 1. The summed E-state index contributed by atoms with van der Waals surface area (Å²) in [6.45, 7) is 4.94. The molecule has 0 bridgehead atoms. The first-order valence-electron chi connectivity index (χ1n) is 8.82. The van der Waals surface area contributed by atoms with Crippen LogP contribution in [0.1, 0.15) is 38.2 Å². The highest BCUT2D eigenvalue weighted by Crippen LogP contribution is 2.16. The zero-order valence-electron chi connectivity index (χ0n) is 15.4. The lowest BCUT2D eigenvalue weighted by molar-refractivity contribution is -0.127. The van der Waals surface area contributed by atoms with Crippen molar-refractivity contribution in [3.05, 3.63) is 29.6 Å². The van der Waals surface area contributed by atoms with Gasteiger partial charge in [0.1, 0.15) is 11.6 Å². The van der Waals surface area contributed by atoms with Crippen LogP contribution in [0.25, 0.3) is 0 Å². The quantitative estimate of drug-likeness (QED) is 0.443. The highest BCUT2D eigenvalue weighted by atomic mass is 19.1. The van der Waals surface area contributed by atoms with Gasteiger partial charge in [-0.25, -0.2) is 4.39 Å². The molecule has 0 radical (unpaired) electrons. The van der Waals surface area contributed by atoms with Crippen LogP contribution < -0.4 is 15.4 Å². The zero-order valence-corrected chi connectivity index (χ0v) is 15.4. The number of carbonyl (C=O) groups excluding carboxylic acids is 2. The van der Waals surface area contributed by atoms with E-state index >= 15 is 0 Å². The van der Waals surface area contributed by atoms with Gasteiger partial charge in [0.25, 0.3) is 0 Å². The number of hydrogen-bond acceptors (Lipinski definition) is 4. The standard InChI is InChI=1S/C20H27FN2O3/c1-4-8-18(19(24)14-22-5-2)23-20(25)9-6-7-10-26-17-12-15(3)11-16(21)13-17/h1,11-13,18,22H,5-10,14H2,2-3H3,(H,23,25). The Kier molecular flexibility index (Phi) is 10.0. The summed E-state index contributed by atoms with van der Waals surface area (Å²) in [6.07, 6.45) is 6.98. The minimum absolute atomic E-state index is 0.122. The smallest absolute Gasteiger partial charge is 0.220 e. The largest absolute Gasteiger partial charge is 0.493 e. The molecular formula is C20H27FN2O3. The van der Waals surface area contributed by atoms with Crippen LogP contribution in [-0.2, 0) is 9.59 Å². The van der Waals surface area contributed by atoms with Gasteiger partial charge < -0.3 is 15.4 Å². The Bertz CT molecular complexity index is 620. The highest BCUT2D eigenvalue weighted by Gasteiger charge is 2.18. The van der Waals surface area contributed by atoms with Crippen molar-refractivity contribution in [2.75, 3.05) is 19.7 Å². The van der Waals surface area contributed by atoms with Gasteiger partial charge in [-0.15, -0.1) is 12.3 Å². The molecule has 1 rings (SSSR count). The normalized spacial score (nSPS) is 11.5. The Morgan fingerprint density at radius 1 is 1.31 bits per heavy atom. The van der Waals surface area contributed by atoms with Gasteiger partial charge in [-0.3, -0.25) is 9.59 Å². The number of rotatable bonds is 12. The summed E-state index contributed by atoms with van der Waals surface area (Å²) in [6, 6.07) is 3.87. The van der Waals surface area contributed by atoms with Gasteiger partial charge in [-0.1, -0.05) is 6.92 Å². The number of terminal acetylenes is 1. The monoisotopic (exact) mass is 362 g/mol. The first-order valence-corrected chi connectivity index (χ1v) is 8.82. The van der Waals surface area contributed by atoms with Gasteiger partial charge in [0, 0.05) is 18.9 Å². The van der Waals surface area contributed by atoms with E-state index in [4.69, 9.17) is 11.2 Å². The fraction of sp³-hybridized carbons (Fsp3) is 0.500. The number of aryl methyl sites for hydroxylation is 1. The Labute approximate surface area is 154 Å². The molecule has 5 nitrogen and oxygen atoms in total. The van der Waals surface area contributed by atoms with E-state index in [0.29, 0.717) is 31.7 Å². The van der Waals surface area contributed by atoms with Crippen LogP contribution in [-0.4, -0.2) is 37.4 Å². The minimum atomic E-state index is -0.655. The van der Waals surface area contributed by atoms with Crippen LogP contribution in [0.2, 0.25) is 0 Å². The first kappa shape index (κ1) is 21.7. The number of amides is 1. The van der Waals surface area contributed by atoms with Crippen molar-refractivity contribution in [1.82, 2.24) is 10.6 Å². The molecule has 1 aromatic rings. The molecule has 0 aliphatic carbocycles. The molecule has 26 heavy (non-hydrogen) atoms. The fourth-order valence-electron chi connectivity index (χ4n) is 2.36. The Morgan fingerprint density at radius 2 is 2.08 bits per heavy atom. The first-order chi connectivity index (χ1) is 12.5. The molecule has 0 aliphatic heterocycles. The average Bonchev–Trinajstić information content (AvgIpc) is 2.58. The summed E-state index contributed by atoms with van der Waals surface area (Å²) < 4.78 is 18.7. The van der Waals surface area contributed by atoms with Gasteiger partial charge in [0.15, 0.2) is 5.78 Å². The van der Waals surface area contributed by atoms with E-state index in [1.165, 1.54) is 12.1 Å². The van der Waals surface area contributed by atoms with Crippen molar-refractivity contribution in [3.8, 4) is 18.1 Å². The number of unbranched alkanes of at least 4 members (excludes halogenated alkanes) is 1. The highest BCUT2D eigenvalue weighted by molar-refractivity contribution is 5.90. The second-order valence-electron chi connectivity index (χ2n) is 6.04. The van der Waals surface area contributed by atoms with Crippen molar-refractivity contribution in [3.63, 3.8) is 0 Å². The number of ether oxygens (including phenoxy) is 1. The molecule has 142 valence electrons. The predicted octanol–water partition coefficient (Wildman–Crippen LogP) is 2.37. The van der Waals surface area contributed by atoms with Gasteiger partial charge in [-0.2, -0.15) is 0 Å². The number of benzene rings is 1. The molecule has 1 atom stereocenters. The maximum absolute atomic E-state index is 13.3. The van der Waals surface area contributed by atoms with E-state index in [-0.39, 0.29) is 36.9 Å². The average molecular weight is 362 g/mol. The fourth-order valence-corrected chi connectivity index (χ4v) is 2.36. The van der Waals surface area contributed by atoms with Crippen LogP contribution in [0, 0.1) is 25.1 Å². The summed E-state index contributed by atoms with van der Waals surface area (Å²) >= 11 is 0. The lowest BCUT2D eigenvalue weighted by Gasteiger charge is -2.15. The van der Waals surface area contributed by atoms with Crippen molar-refractivity contribution in [2.24, 2.45) is 0 Å². The summed E-state index contributed by atoms with van der Waals surface area (Å²) in [5.74, 6) is 2.24. The number of hydrogen-bond donors (Lipinski definition) is 2. The number of nitrogens with one attached hydrogen (secondary N) is 2. The van der Waals surface area contributed by atoms with Crippen molar-refractivity contribution in [1.29, 1.82) is 0 Å². The third-order valence-corrected chi connectivity index (χ3v) is 3.68. The van der Waals surface area contributed by atoms with Crippen LogP contribution in [0.5, 0.6) is 5.75 Å². The number of Topliss-reactive ketones (excluding diaryl/α,β-unsaturated/α-hetero) is 1. The molecule has 0 spiro atoms. The Morgan fingerprint density at radius 3 is 2.73 bits per heavy atom. The van der Waals surface area contributed by atoms with E-state index in [9.17, 15) is 14.0 Å². The van der Waals surface area contributed by atoms with Gasteiger partial charge in [-0.05, 0) is 44.0 Å². The van der Waals surface area contributed by atoms with Gasteiger partial charge >= 0.3 is 0 Å². The summed E-state index contributed by atoms with van der Waals surface area (Å²) in [5, 5.41) is 5.62. The molecule has 0 saturated carbocycles. The number of ketones is 1. The van der Waals surface area contributed by atoms with Gasteiger partial charge in [0.05, 0.1) is 19.2 Å². The second kappa shape index (κ2) is 12.0. The number of likely N-dealkylation sites (N-methyl/N-ethyl adjacent to an activating group) is 1. The molecule has 0 aromatic heterocycles. The second-order valence-corrected chi connectivity index (χ2v) is 6.04. The molecule has 0 heterocycles. The Balaban J connectivity index is 2.29. The lowest BCUT2D eigenvalue weighted by Crippen LogP contribution is -2.44. The van der Waals surface area contributed by atoms with E-state index in [1.54, 1.807) is 13.0 Å². The minimum Gasteiger partial charge on any atom is -0.493 e. The summed E-state index contributed by atoms with van der Waals surface area (Å²) in [4.78, 5) is 24.0. The van der Waals surface area contributed by atoms with Crippen molar-refractivity contribution >= 4 is 11.7 Å². The van der Waals surface area contributed by atoms with E-state index in [2.05, 4.69) is 16.6 Å². The van der Waals surface area contributed by atoms with E-state index in [0.717, 1.165) is 5.56 Å². The lowest BCUT2D eigenvalue weighted by atomic mass is 10.1. The topological polar surface area (TPSA) is 67.4 Å². The maximum Gasteiger partial charge on any atom is 0.220 e. The molecule has 0 saturated heterocycles. The van der Waals surface area contributed by atoms with Crippen LogP contribution in [0.3, 0.4) is 0 Å². The molecule has 1 amide bonds. The molecule has 1 aromatic carbocycles. The van der Waals surface area contributed by atoms with Crippen molar-refractivity contribution in [2.45, 2.75) is 45.6 Å². The number of carbonyl (C=O) groups is 2. The van der Waals surface area contributed by atoms with E-state index in [1.807, 2.05) is 6.92 Å². The maximum atomic E-state index is 13.3. The molecule has 6 heteroatoms. The van der Waals surface area contributed by atoms with Crippen LogP contribution in [0.15, 0.2) is 18.2 Å². The predicted molar refractivity (Wildman–Crippen MR) is 99.4 cm³/mol. The molecule has 0 aliphatic rings.